The maximum Gasteiger partial charge on any atom is 0.514 e. The van der Waals surface area contributed by atoms with Gasteiger partial charge < -0.3 is 49.1 Å². The average molecular weight is 898 g/mol. The van der Waals surface area contributed by atoms with Gasteiger partial charge in [0.25, 0.3) is 0 Å². The molecule has 0 saturated heterocycles. The number of Topliss-reactive ketones (excluding diaryl/α,β-unsaturated/α-hetero) is 1. The zero-order valence-electron chi connectivity index (χ0n) is 37.9. The lowest BCUT2D eigenvalue weighted by Gasteiger charge is -2.23. The van der Waals surface area contributed by atoms with Gasteiger partial charge in [0.2, 0.25) is 17.7 Å². The number of carbonyl (C=O) groups excluding carboxylic acids is 7. The predicted octanol–water partition coefficient (Wildman–Crippen LogP) is 5.60. The normalized spacial score (nSPS) is 12.0. The SMILES string of the molecule is COC(=O)/C=C\C(=O)CCCCCCC(=O)NCCOCCOCCOCCOCCC(=O)NC(C(=O)C[C@@H](C)C(=O)Nc1ccc(COC(=O)Oc2ccc(C)cc2)cc1)C(C)C. The molecule has 0 spiro atoms. The van der Waals surface area contributed by atoms with Gasteiger partial charge in [0.05, 0.1) is 66.0 Å². The van der Waals surface area contributed by atoms with Gasteiger partial charge in [-0.2, -0.15) is 0 Å². The first-order chi connectivity index (χ1) is 30.8. The molecule has 2 rings (SSSR count). The molecular formula is C47H67N3O14. The van der Waals surface area contributed by atoms with E-state index in [1.165, 1.54) is 13.2 Å². The third-order valence-corrected chi connectivity index (χ3v) is 9.43. The Morgan fingerprint density at radius 2 is 1.25 bits per heavy atom. The summed E-state index contributed by atoms with van der Waals surface area (Å²) < 4.78 is 36.7. The highest BCUT2D eigenvalue weighted by atomic mass is 16.7. The van der Waals surface area contributed by atoms with Gasteiger partial charge in [-0.25, -0.2) is 9.59 Å². The van der Waals surface area contributed by atoms with E-state index in [1.807, 2.05) is 32.9 Å². The lowest BCUT2D eigenvalue weighted by molar-refractivity contribution is -0.135. The molecule has 2 aromatic rings. The fourth-order valence-electron chi connectivity index (χ4n) is 5.74. The minimum absolute atomic E-state index is 0.0182. The Balaban J connectivity index is 1.46. The second kappa shape index (κ2) is 33.1. The number of carbonyl (C=O) groups is 7. The lowest BCUT2D eigenvalue weighted by Crippen LogP contribution is -2.45. The molecule has 64 heavy (non-hydrogen) atoms. The van der Waals surface area contributed by atoms with Gasteiger partial charge in [-0.05, 0) is 61.6 Å². The van der Waals surface area contributed by atoms with Crippen molar-refractivity contribution in [2.45, 2.75) is 91.7 Å². The number of ketones is 2. The first-order valence-electron chi connectivity index (χ1n) is 21.8. The van der Waals surface area contributed by atoms with Crippen LogP contribution in [-0.4, -0.2) is 114 Å². The van der Waals surface area contributed by atoms with Crippen molar-refractivity contribution in [1.82, 2.24) is 10.6 Å². The van der Waals surface area contributed by atoms with Gasteiger partial charge in [-0.15, -0.1) is 0 Å². The van der Waals surface area contributed by atoms with Gasteiger partial charge in [0.1, 0.15) is 12.4 Å². The van der Waals surface area contributed by atoms with E-state index in [-0.39, 0.29) is 67.9 Å². The summed E-state index contributed by atoms with van der Waals surface area (Å²) in [7, 11) is 1.25. The second-order valence-electron chi connectivity index (χ2n) is 15.3. The van der Waals surface area contributed by atoms with Crippen LogP contribution < -0.4 is 20.7 Å². The van der Waals surface area contributed by atoms with Crippen molar-refractivity contribution < 1.29 is 66.7 Å². The van der Waals surface area contributed by atoms with Crippen molar-refractivity contribution in [1.29, 1.82) is 0 Å². The molecule has 354 valence electrons. The number of rotatable bonds is 34. The van der Waals surface area contributed by atoms with Crippen molar-refractivity contribution in [3.63, 3.8) is 0 Å². The first-order valence-corrected chi connectivity index (χ1v) is 21.8. The Morgan fingerprint density at radius 3 is 1.86 bits per heavy atom. The predicted molar refractivity (Wildman–Crippen MR) is 237 cm³/mol. The minimum Gasteiger partial charge on any atom is -0.466 e. The molecule has 17 nitrogen and oxygen atoms in total. The summed E-state index contributed by atoms with van der Waals surface area (Å²) in [4.78, 5) is 85.4. The fraction of sp³-hybridized carbons (Fsp3) is 0.553. The van der Waals surface area contributed by atoms with Crippen LogP contribution in [0.1, 0.15) is 83.3 Å². The third-order valence-electron chi connectivity index (χ3n) is 9.43. The highest BCUT2D eigenvalue weighted by Crippen LogP contribution is 2.17. The number of anilines is 1. The maximum absolute atomic E-state index is 13.2. The summed E-state index contributed by atoms with van der Waals surface area (Å²) in [6, 6.07) is 13.0. The van der Waals surface area contributed by atoms with E-state index in [1.54, 1.807) is 43.3 Å². The zero-order chi connectivity index (χ0) is 47.0. The number of nitrogens with one attached hydrogen (secondary N) is 3. The Labute approximate surface area is 376 Å². The molecule has 0 aliphatic rings. The van der Waals surface area contributed by atoms with E-state index >= 15 is 0 Å². The molecule has 0 heterocycles. The number of esters is 1. The molecule has 3 amide bonds. The number of methoxy groups -OCH3 is 1. The van der Waals surface area contributed by atoms with Crippen LogP contribution in [0.5, 0.6) is 5.75 Å². The van der Waals surface area contributed by atoms with Crippen molar-refractivity contribution in [3.8, 4) is 5.75 Å². The molecule has 0 aromatic heterocycles. The monoisotopic (exact) mass is 897 g/mol. The van der Waals surface area contributed by atoms with Gasteiger partial charge in [-0.1, -0.05) is 63.4 Å². The molecule has 17 heteroatoms. The minimum atomic E-state index is -0.831. The van der Waals surface area contributed by atoms with E-state index in [2.05, 4.69) is 20.7 Å². The summed E-state index contributed by atoms with van der Waals surface area (Å²) in [6.45, 7) is 10.2. The molecule has 0 fully saturated rings. The quantitative estimate of drug-likeness (QED) is 0.0337. The molecule has 0 saturated carbocycles. The summed E-state index contributed by atoms with van der Waals surface area (Å²) in [5.41, 5.74) is 2.24. The number of amides is 3. The highest BCUT2D eigenvalue weighted by Gasteiger charge is 2.27. The molecule has 2 aromatic carbocycles. The summed E-state index contributed by atoms with van der Waals surface area (Å²) in [6.07, 6.45) is 5.34. The standard InChI is InChI=1S/C47H67N3O14/c1-34(2)45(41(52)32-36(4)46(56)49-38-16-14-37(15-17-38)33-63-47(57)64-40-19-12-35(3)13-20-40)50-43(54)22-24-59-26-28-61-30-31-62-29-27-60-25-23-48-42(53)11-9-7-6-8-10-39(51)18-21-44(55)58-5/h12-21,34,36,45H,6-11,22-33H2,1-5H3,(H,48,53)(H,49,56)(H,50,54)/b21-18-/t36-,45?/m1/s1. The summed E-state index contributed by atoms with van der Waals surface area (Å²) in [5, 5.41) is 8.39. The molecule has 1 unspecified atom stereocenters. The largest absolute Gasteiger partial charge is 0.514 e. The summed E-state index contributed by atoms with van der Waals surface area (Å²) >= 11 is 0. The van der Waals surface area contributed by atoms with Gasteiger partial charge >= 0.3 is 12.1 Å². The molecular weight excluding hydrogens is 831 g/mol. The molecule has 0 radical (unpaired) electrons. The molecule has 2 atom stereocenters. The average Bonchev–Trinajstić information content (AvgIpc) is 3.27. The smallest absolute Gasteiger partial charge is 0.466 e. The summed E-state index contributed by atoms with van der Waals surface area (Å²) in [5.74, 6) is -2.14. The van der Waals surface area contributed by atoms with E-state index in [0.717, 1.165) is 30.9 Å². The van der Waals surface area contributed by atoms with Crippen molar-refractivity contribution in [2.24, 2.45) is 11.8 Å². The number of benzene rings is 2. The highest BCUT2D eigenvalue weighted by molar-refractivity contribution is 5.97. The number of ether oxygens (including phenoxy) is 7. The van der Waals surface area contributed by atoms with Gasteiger partial charge in [-0.3, -0.25) is 24.0 Å². The Morgan fingerprint density at radius 1 is 0.656 bits per heavy atom. The zero-order valence-corrected chi connectivity index (χ0v) is 37.9. The molecule has 0 bridgehead atoms. The first kappa shape index (κ1) is 54.6. The number of unbranched alkanes of at least 4 members (excludes halogenated alkanes) is 3. The van der Waals surface area contributed by atoms with Gasteiger partial charge in [0, 0.05) is 49.9 Å². The van der Waals surface area contributed by atoms with Crippen molar-refractivity contribution >= 4 is 47.1 Å². The lowest BCUT2D eigenvalue weighted by atomic mass is 9.92. The topological polar surface area (TPSA) is 220 Å². The van der Waals surface area contributed by atoms with E-state index in [0.29, 0.717) is 82.4 Å². The van der Waals surface area contributed by atoms with Crippen LogP contribution in [0.3, 0.4) is 0 Å². The van der Waals surface area contributed by atoms with Crippen molar-refractivity contribution in [3.05, 3.63) is 71.8 Å². The van der Waals surface area contributed by atoms with Crippen LogP contribution in [0.15, 0.2) is 60.7 Å². The van der Waals surface area contributed by atoms with E-state index in [9.17, 15) is 33.6 Å². The van der Waals surface area contributed by atoms with Crippen LogP contribution in [0, 0.1) is 18.8 Å². The van der Waals surface area contributed by atoms with Crippen molar-refractivity contribution in [2.75, 3.05) is 71.8 Å². The number of allylic oxidation sites excluding steroid dienone is 1. The Bertz CT molecular complexity index is 1750. The molecule has 3 N–H and O–H groups in total. The number of hydrogen-bond acceptors (Lipinski definition) is 14. The Hall–Kier alpha value is -5.49. The molecule has 0 aliphatic carbocycles. The maximum atomic E-state index is 13.2. The van der Waals surface area contributed by atoms with Crippen LogP contribution in [0.4, 0.5) is 10.5 Å². The number of hydrogen-bond donors (Lipinski definition) is 3. The van der Waals surface area contributed by atoms with Crippen LogP contribution in [0.2, 0.25) is 0 Å². The third kappa shape index (κ3) is 26.2. The van der Waals surface area contributed by atoms with Crippen LogP contribution in [-0.2, 0) is 63.8 Å². The second-order valence-corrected chi connectivity index (χ2v) is 15.3. The van der Waals surface area contributed by atoms with Crippen LogP contribution in [0.25, 0.3) is 0 Å². The van der Waals surface area contributed by atoms with E-state index < -0.39 is 24.1 Å². The molecule has 0 aliphatic heterocycles. The number of aryl methyl sites for hydroxylation is 1. The van der Waals surface area contributed by atoms with E-state index in [4.69, 9.17) is 28.4 Å². The van der Waals surface area contributed by atoms with Gasteiger partial charge in [0.15, 0.2) is 11.6 Å². The van der Waals surface area contributed by atoms with Crippen LogP contribution >= 0.6 is 0 Å². The Kier molecular flexibility index (Phi) is 28.2. The fourth-order valence-corrected chi connectivity index (χ4v) is 5.74.